The summed E-state index contributed by atoms with van der Waals surface area (Å²) in [7, 11) is 1.47. The van der Waals surface area contributed by atoms with E-state index in [9.17, 15) is 23.9 Å². The number of likely N-dealkylation sites (tertiary alicyclic amines) is 1. The molecule has 1 aromatic carbocycles. The van der Waals surface area contributed by atoms with Gasteiger partial charge in [0.15, 0.2) is 0 Å². The molecule has 0 saturated carbocycles. The maximum absolute atomic E-state index is 13.4. The van der Waals surface area contributed by atoms with Gasteiger partial charge in [0.05, 0.1) is 23.2 Å². The van der Waals surface area contributed by atoms with Gasteiger partial charge in [0, 0.05) is 45.9 Å². The normalized spacial score (nSPS) is 13.2. The number of hydrogen-bond donors (Lipinski definition) is 1. The molecule has 9 nitrogen and oxygen atoms in total. The Hall–Kier alpha value is -2.79. The molecule has 0 unspecified atom stereocenters. The van der Waals surface area contributed by atoms with E-state index in [0.717, 1.165) is 12.0 Å². The number of pyridine rings is 2. The summed E-state index contributed by atoms with van der Waals surface area (Å²) in [5.41, 5.74) is 0.591. The van der Waals surface area contributed by atoms with Crippen molar-refractivity contribution >= 4 is 22.8 Å². The van der Waals surface area contributed by atoms with Gasteiger partial charge in [-0.05, 0) is 42.2 Å². The summed E-state index contributed by atoms with van der Waals surface area (Å²) in [5, 5.41) is 15.6. The summed E-state index contributed by atoms with van der Waals surface area (Å²) < 4.78 is 19.5. The molecule has 11 heteroatoms. The molecule has 0 aliphatic carbocycles. The first-order valence-electron chi connectivity index (χ1n) is 11.4. The molecule has 1 N–H and O–H groups in total. The topological polar surface area (TPSA) is 117 Å². The molecule has 1 aliphatic heterocycles. The third-order valence-corrected chi connectivity index (χ3v) is 6.02. The minimum absolute atomic E-state index is 0. The van der Waals surface area contributed by atoms with Crippen LogP contribution in [-0.2, 0) is 22.5 Å². The average molecular weight is 504 g/mol. The largest absolute Gasteiger partial charge is 1.00 e. The summed E-state index contributed by atoms with van der Waals surface area (Å²) in [6.07, 6.45) is 3.14. The average Bonchev–Trinajstić information content (AvgIpc) is 3.25. The zero-order chi connectivity index (χ0) is 24.9. The fourth-order valence-electron chi connectivity index (χ4n) is 4.21. The van der Waals surface area contributed by atoms with Crippen molar-refractivity contribution in [1.29, 1.82) is 0 Å². The number of benzene rings is 1. The van der Waals surface area contributed by atoms with Crippen LogP contribution in [0.15, 0.2) is 41.3 Å². The van der Waals surface area contributed by atoms with E-state index in [0.29, 0.717) is 30.5 Å². The number of nitrogens with zero attached hydrogens (tertiary/aromatic N) is 3. The molecule has 3 aromatic rings. The van der Waals surface area contributed by atoms with Gasteiger partial charge in [-0.25, -0.2) is 4.39 Å². The molecule has 2 amide bonds. The fourth-order valence-corrected chi connectivity index (χ4v) is 4.21. The standard InChI is InChI=1S/C25H27FN4O5.Na/c1-35-12-8-27-24(33)21-23(32)22-19(30(25(21)34)11-10-29-9-2-3-20(29)31)14-17(15-28-22)13-16-4-6-18(26)7-5-16;/h4-7,14-15,32H,2-3,8-13H2,1H3,(H,27,33);/q;+1/p-1. The number of fused-ring (bicyclic) bond motifs is 1. The number of carbonyl (C=O) groups excluding carboxylic acids is 2. The van der Waals surface area contributed by atoms with E-state index in [2.05, 4.69) is 10.3 Å². The van der Waals surface area contributed by atoms with Crippen LogP contribution in [0.2, 0.25) is 0 Å². The van der Waals surface area contributed by atoms with Crippen molar-refractivity contribution in [1.82, 2.24) is 19.8 Å². The van der Waals surface area contributed by atoms with Crippen LogP contribution in [0.4, 0.5) is 4.39 Å². The first-order valence-corrected chi connectivity index (χ1v) is 11.4. The van der Waals surface area contributed by atoms with Crippen molar-refractivity contribution in [3.05, 3.63) is 69.4 Å². The van der Waals surface area contributed by atoms with Crippen LogP contribution in [0.5, 0.6) is 5.75 Å². The van der Waals surface area contributed by atoms with Gasteiger partial charge in [-0.1, -0.05) is 17.9 Å². The van der Waals surface area contributed by atoms with E-state index in [4.69, 9.17) is 4.74 Å². The Balaban J connectivity index is 0.00000361. The number of nitrogens with one attached hydrogen (secondary N) is 1. The van der Waals surface area contributed by atoms with Crippen molar-refractivity contribution in [2.75, 3.05) is 33.4 Å². The summed E-state index contributed by atoms with van der Waals surface area (Å²) >= 11 is 0. The Kier molecular flexibility index (Phi) is 9.61. The molecule has 0 atom stereocenters. The molecule has 1 saturated heterocycles. The minimum atomic E-state index is -0.790. The summed E-state index contributed by atoms with van der Waals surface area (Å²) in [6.45, 7) is 1.35. The first kappa shape index (κ1) is 27.8. The Morgan fingerprint density at radius 3 is 2.61 bits per heavy atom. The van der Waals surface area contributed by atoms with Crippen molar-refractivity contribution in [3.63, 3.8) is 0 Å². The van der Waals surface area contributed by atoms with Crippen molar-refractivity contribution in [2.24, 2.45) is 0 Å². The molecule has 4 rings (SSSR count). The minimum Gasteiger partial charge on any atom is -0.870 e. The van der Waals surface area contributed by atoms with Crippen molar-refractivity contribution < 1.29 is 53.4 Å². The van der Waals surface area contributed by atoms with Crippen LogP contribution in [-0.4, -0.2) is 59.6 Å². The van der Waals surface area contributed by atoms with E-state index in [1.165, 1.54) is 30.0 Å². The zero-order valence-corrected chi connectivity index (χ0v) is 22.4. The molecule has 0 spiro atoms. The predicted molar refractivity (Wildman–Crippen MR) is 125 cm³/mol. The zero-order valence-electron chi connectivity index (χ0n) is 20.4. The van der Waals surface area contributed by atoms with Crippen LogP contribution in [0.25, 0.3) is 11.0 Å². The van der Waals surface area contributed by atoms with E-state index >= 15 is 0 Å². The molecule has 0 radical (unpaired) electrons. The fraction of sp³-hybridized carbons (Fsp3) is 0.360. The second kappa shape index (κ2) is 12.4. The third kappa shape index (κ3) is 6.12. The number of hydrogen-bond acceptors (Lipinski definition) is 6. The van der Waals surface area contributed by atoms with Crippen LogP contribution < -0.4 is 45.5 Å². The molecule has 36 heavy (non-hydrogen) atoms. The number of methoxy groups -OCH3 is 1. The molecule has 1 fully saturated rings. The molecule has 2 aromatic heterocycles. The molecule has 1 aliphatic rings. The smallest absolute Gasteiger partial charge is 0.870 e. The molecule has 0 bridgehead atoms. The van der Waals surface area contributed by atoms with E-state index in [1.54, 1.807) is 23.1 Å². The Morgan fingerprint density at radius 1 is 1.19 bits per heavy atom. The van der Waals surface area contributed by atoms with E-state index in [-0.39, 0.29) is 73.0 Å². The van der Waals surface area contributed by atoms with Gasteiger partial charge in [0.2, 0.25) is 5.91 Å². The van der Waals surface area contributed by atoms with Gasteiger partial charge in [0.1, 0.15) is 5.82 Å². The maximum Gasteiger partial charge on any atom is 1.00 e. The molecule has 3 heterocycles. The molecular formula is C25H26FN4NaO5. The number of carbonyl (C=O) groups is 2. The van der Waals surface area contributed by atoms with Gasteiger partial charge in [0.25, 0.3) is 11.5 Å². The van der Waals surface area contributed by atoms with Crippen molar-refractivity contribution in [2.45, 2.75) is 25.8 Å². The van der Waals surface area contributed by atoms with E-state index in [1.807, 2.05) is 0 Å². The maximum atomic E-state index is 13.4. The van der Waals surface area contributed by atoms with Gasteiger partial charge in [-0.15, -0.1) is 0 Å². The monoisotopic (exact) mass is 504 g/mol. The molecular weight excluding hydrogens is 478 g/mol. The van der Waals surface area contributed by atoms with Crippen LogP contribution in [0.1, 0.15) is 34.3 Å². The first-order chi connectivity index (χ1) is 16.9. The van der Waals surface area contributed by atoms with Crippen molar-refractivity contribution in [3.8, 4) is 5.75 Å². The number of aromatic nitrogens is 2. The number of halogens is 1. The van der Waals surface area contributed by atoms with Crippen LogP contribution in [0.3, 0.4) is 0 Å². The predicted octanol–water partition coefficient (Wildman–Crippen LogP) is -1.80. The Morgan fingerprint density at radius 2 is 1.94 bits per heavy atom. The van der Waals surface area contributed by atoms with Gasteiger partial charge in [-0.2, -0.15) is 0 Å². The van der Waals surface area contributed by atoms with Gasteiger partial charge in [-0.3, -0.25) is 19.4 Å². The van der Waals surface area contributed by atoms with E-state index < -0.39 is 22.8 Å². The second-order valence-corrected chi connectivity index (χ2v) is 8.41. The number of rotatable bonds is 9. The van der Waals surface area contributed by atoms with Gasteiger partial charge >= 0.3 is 29.6 Å². The summed E-state index contributed by atoms with van der Waals surface area (Å²) in [6, 6.07) is 7.71. The molecule has 184 valence electrons. The Bertz CT molecular complexity index is 1310. The summed E-state index contributed by atoms with van der Waals surface area (Å²) in [5.74, 6) is -1.87. The second-order valence-electron chi connectivity index (χ2n) is 8.41. The Labute approximate surface area is 229 Å². The summed E-state index contributed by atoms with van der Waals surface area (Å²) in [4.78, 5) is 44.1. The van der Waals surface area contributed by atoms with Crippen LogP contribution >= 0.6 is 0 Å². The third-order valence-electron chi connectivity index (χ3n) is 6.02. The number of ether oxygens (including phenoxy) is 1. The number of amides is 2. The van der Waals surface area contributed by atoms with Crippen LogP contribution in [0, 0.1) is 5.82 Å². The van der Waals surface area contributed by atoms with Gasteiger partial charge < -0.3 is 24.6 Å². The SMILES string of the molecule is COCCNC(=O)c1c([O-])c2ncc(Cc3ccc(F)cc3)cc2n(CCN2CCCC2=O)c1=O.[Na+]. The quantitative estimate of drug-likeness (QED) is 0.272.